The molecule has 1 aromatic rings. The summed E-state index contributed by atoms with van der Waals surface area (Å²) in [6.45, 7) is 0. The average molecular weight is 180 g/mol. The lowest BCUT2D eigenvalue weighted by Gasteiger charge is -2.01. The summed E-state index contributed by atoms with van der Waals surface area (Å²) in [6, 6.07) is 10.1. The van der Waals surface area contributed by atoms with Crippen LogP contribution in [0.5, 0.6) is 0 Å². The van der Waals surface area contributed by atoms with E-state index in [0.717, 1.165) is 11.4 Å². The lowest BCUT2D eigenvalue weighted by molar-refractivity contribution is 1.56. The molecule has 3 N–H and O–H groups in total. The van der Waals surface area contributed by atoms with Crippen LogP contribution >= 0.6 is 11.9 Å². The first-order valence-electron chi connectivity index (χ1n) is 3.73. The van der Waals surface area contributed by atoms with Gasteiger partial charge in [-0.3, -0.25) is 0 Å². The molecule has 0 bridgehead atoms. The van der Waals surface area contributed by atoms with E-state index >= 15 is 0 Å². The fourth-order valence-corrected chi connectivity index (χ4v) is 1.33. The molecule has 0 amide bonds. The number of rotatable bonds is 4. The molecular weight excluding hydrogens is 168 g/mol. The Kier molecular flexibility index (Phi) is 4.16. The van der Waals surface area contributed by atoms with E-state index in [1.165, 1.54) is 0 Å². The van der Waals surface area contributed by atoms with Gasteiger partial charge in [-0.25, -0.2) is 0 Å². The Labute approximate surface area is 77.0 Å². The zero-order valence-corrected chi connectivity index (χ0v) is 7.55. The second-order valence-corrected chi connectivity index (χ2v) is 3.03. The SMILES string of the molecule is NC=CCSNc1ccccc1. The summed E-state index contributed by atoms with van der Waals surface area (Å²) in [5, 5.41) is 0. The maximum absolute atomic E-state index is 5.19. The summed E-state index contributed by atoms with van der Waals surface area (Å²) in [5.41, 5.74) is 6.30. The van der Waals surface area contributed by atoms with Gasteiger partial charge in [0, 0.05) is 11.4 Å². The van der Waals surface area contributed by atoms with Gasteiger partial charge in [-0.1, -0.05) is 24.3 Å². The first-order chi connectivity index (χ1) is 5.93. The molecule has 0 atom stereocenters. The van der Waals surface area contributed by atoms with Crippen molar-refractivity contribution in [2.24, 2.45) is 5.73 Å². The molecule has 64 valence electrons. The minimum absolute atomic E-state index is 0.880. The van der Waals surface area contributed by atoms with Crippen LogP contribution in [0.3, 0.4) is 0 Å². The molecular formula is C9H12N2S. The minimum atomic E-state index is 0.880. The molecule has 0 unspecified atom stereocenters. The van der Waals surface area contributed by atoms with Gasteiger partial charge in [0.05, 0.1) is 0 Å². The molecule has 1 rings (SSSR count). The number of nitrogens with one attached hydrogen (secondary N) is 1. The maximum atomic E-state index is 5.19. The monoisotopic (exact) mass is 180 g/mol. The van der Waals surface area contributed by atoms with E-state index in [0.29, 0.717) is 0 Å². The molecule has 0 radical (unpaired) electrons. The van der Waals surface area contributed by atoms with Crippen LogP contribution < -0.4 is 10.5 Å². The zero-order valence-electron chi connectivity index (χ0n) is 6.73. The van der Waals surface area contributed by atoms with Crippen LogP contribution in [-0.2, 0) is 0 Å². The first kappa shape index (κ1) is 9.00. The van der Waals surface area contributed by atoms with E-state index in [2.05, 4.69) is 4.72 Å². The number of benzene rings is 1. The second kappa shape index (κ2) is 5.55. The number of hydrogen-bond donors (Lipinski definition) is 2. The number of para-hydroxylation sites is 1. The number of nitrogens with two attached hydrogens (primary N) is 1. The van der Waals surface area contributed by atoms with E-state index in [9.17, 15) is 0 Å². The number of hydrogen-bond acceptors (Lipinski definition) is 3. The topological polar surface area (TPSA) is 38.0 Å². The Morgan fingerprint density at radius 2 is 2.08 bits per heavy atom. The van der Waals surface area contributed by atoms with Crippen molar-refractivity contribution in [1.29, 1.82) is 0 Å². The largest absolute Gasteiger partial charge is 0.405 e. The van der Waals surface area contributed by atoms with E-state index in [1.807, 2.05) is 36.4 Å². The van der Waals surface area contributed by atoms with Crippen molar-refractivity contribution in [2.75, 3.05) is 10.5 Å². The molecule has 0 aliphatic rings. The van der Waals surface area contributed by atoms with Crippen molar-refractivity contribution < 1.29 is 0 Å². The molecule has 0 fully saturated rings. The van der Waals surface area contributed by atoms with Crippen LogP contribution in [0.4, 0.5) is 5.69 Å². The van der Waals surface area contributed by atoms with Gasteiger partial charge in [0.15, 0.2) is 0 Å². The summed E-state index contributed by atoms with van der Waals surface area (Å²) in [7, 11) is 0. The summed E-state index contributed by atoms with van der Waals surface area (Å²) >= 11 is 1.61. The van der Waals surface area contributed by atoms with Crippen LogP contribution in [0.15, 0.2) is 42.6 Å². The van der Waals surface area contributed by atoms with Gasteiger partial charge in [0.1, 0.15) is 0 Å². The predicted molar refractivity (Wildman–Crippen MR) is 55.9 cm³/mol. The van der Waals surface area contributed by atoms with E-state index < -0.39 is 0 Å². The van der Waals surface area contributed by atoms with Crippen molar-refractivity contribution >= 4 is 17.6 Å². The Hall–Kier alpha value is -1.09. The molecule has 0 aliphatic carbocycles. The summed E-state index contributed by atoms with van der Waals surface area (Å²) in [4.78, 5) is 0. The first-order valence-corrected chi connectivity index (χ1v) is 4.71. The third-order valence-corrected chi connectivity index (χ3v) is 2.02. The van der Waals surface area contributed by atoms with Crippen molar-refractivity contribution in [3.63, 3.8) is 0 Å². The van der Waals surface area contributed by atoms with E-state index in [4.69, 9.17) is 5.73 Å². The normalized spacial score (nSPS) is 10.3. The predicted octanol–water partition coefficient (Wildman–Crippen LogP) is 2.22. The Morgan fingerprint density at radius 3 is 2.75 bits per heavy atom. The van der Waals surface area contributed by atoms with Gasteiger partial charge in [0.2, 0.25) is 0 Å². The molecule has 0 saturated carbocycles. The zero-order chi connectivity index (χ0) is 8.65. The molecule has 0 saturated heterocycles. The summed E-state index contributed by atoms with van der Waals surface area (Å²) in [5.74, 6) is 0.880. The van der Waals surface area contributed by atoms with Crippen LogP contribution in [0, 0.1) is 0 Å². The van der Waals surface area contributed by atoms with Gasteiger partial charge >= 0.3 is 0 Å². The Balaban J connectivity index is 2.24. The molecule has 1 aromatic carbocycles. The minimum Gasteiger partial charge on any atom is -0.405 e. The highest BCUT2D eigenvalue weighted by Gasteiger charge is 1.86. The van der Waals surface area contributed by atoms with Crippen molar-refractivity contribution in [3.05, 3.63) is 42.6 Å². The quantitative estimate of drug-likeness (QED) is 0.551. The third-order valence-electron chi connectivity index (χ3n) is 1.28. The third kappa shape index (κ3) is 3.34. The summed E-state index contributed by atoms with van der Waals surface area (Å²) in [6.07, 6.45) is 3.46. The van der Waals surface area contributed by atoms with Crippen LogP contribution in [0.1, 0.15) is 0 Å². The average Bonchev–Trinajstić information content (AvgIpc) is 2.14. The highest BCUT2D eigenvalue weighted by atomic mass is 32.2. The van der Waals surface area contributed by atoms with E-state index in [-0.39, 0.29) is 0 Å². The van der Waals surface area contributed by atoms with Gasteiger partial charge in [0.25, 0.3) is 0 Å². The van der Waals surface area contributed by atoms with Crippen LogP contribution in [-0.4, -0.2) is 5.75 Å². The van der Waals surface area contributed by atoms with E-state index in [1.54, 1.807) is 18.1 Å². The van der Waals surface area contributed by atoms with Gasteiger partial charge in [-0.15, -0.1) is 0 Å². The lowest BCUT2D eigenvalue weighted by Crippen LogP contribution is -1.87. The Morgan fingerprint density at radius 1 is 1.33 bits per heavy atom. The summed E-state index contributed by atoms with van der Waals surface area (Å²) < 4.78 is 3.19. The molecule has 3 heteroatoms. The van der Waals surface area contributed by atoms with Crippen molar-refractivity contribution in [3.8, 4) is 0 Å². The standard InChI is InChI=1S/C9H12N2S/c10-7-4-8-12-11-9-5-2-1-3-6-9/h1-7,11H,8,10H2. The van der Waals surface area contributed by atoms with Gasteiger partial charge < -0.3 is 10.5 Å². The lowest BCUT2D eigenvalue weighted by atomic mass is 10.3. The number of anilines is 1. The smallest absolute Gasteiger partial charge is 0.0440 e. The molecule has 2 nitrogen and oxygen atoms in total. The van der Waals surface area contributed by atoms with Gasteiger partial charge in [-0.05, 0) is 30.3 Å². The van der Waals surface area contributed by atoms with Crippen LogP contribution in [0.25, 0.3) is 0 Å². The van der Waals surface area contributed by atoms with Gasteiger partial charge in [-0.2, -0.15) is 0 Å². The molecule has 12 heavy (non-hydrogen) atoms. The Bertz CT molecular complexity index is 234. The second-order valence-electron chi connectivity index (χ2n) is 2.21. The fourth-order valence-electron chi connectivity index (χ4n) is 0.735. The van der Waals surface area contributed by atoms with Crippen molar-refractivity contribution in [1.82, 2.24) is 0 Å². The molecule has 0 heterocycles. The molecule has 0 aliphatic heterocycles. The molecule has 0 spiro atoms. The van der Waals surface area contributed by atoms with Crippen LogP contribution in [0.2, 0.25) is 0 Å². The highest BCUT2D eigenvalue weighted by Crippen LogP contribution is 2.10. The maximum Gasteiger partial charge on any atom is 0.0440 e. The fraction of sp³-hybridized carbons (Fsp3) is 0.111. The van der Waals surface area contributed by atoms with Crippen molar-refractivity contribution in [2.45, 2.75) is 0 Å². The highest BCUT2D eigenvalue weighted by molar-refractivity contribution is 8.00. The molecule has 0 aromatic heterocycles.